The Morgan fingerprint density at radius 2 is 1.11 bits per heavy atom. The smallest absolute Gasteiger partial charge is 0.320 e. The summed E-state index contributed by atoms with van der Waals surface area (Å²) in [6, 6.07) is -1.06. The minimum absolute atomic E-state index is 0.0231. The van der Waals surface area contributed by atoms with Gasteiger partial charge in [-0.25, -0.2) is 0 Å². The fourth-order valence-corrected chi connectivity index (χ4v) is 0.616. The molecule has 0 radical (unpaired) electrons. The quantitative estimate of drug-likeness (QED) is 0.394. The number of aliphatic carboxylic acids is 4. The lowest BCUT2D eigenvalue weighted by Crippen LogP contribution is -2.30. The third-order valence-corrected chi connectivity index (χ3v) is 1.54. The third-order valence-electron chi connectivity index (χ3n) is 1.54. The molecule has 0 saturated carbocycles. The molecule has 0 aliphatic rings. The van der Waals surface area contributed by atoms with Crippen molar-refractivity contribution in [2.45, 2.75) is 31.7 Å². The Labute approximate surface area is 102 Å². The van der Waals surface area contributed by atoms with Crippen LogP contribution in [0.2, 0.25) is 0 Å². The minimum Gasteiger partial charge on any atom is -0.481 e. The summed E-state index contributed by atoms with van der Waals surface area (Å²) in [4.78, 5) is 39.2. The van der Waals surface area contributed by atoms with Crippen LogP contribution in [0.3, 0.4) is 0 Å². The molecule has 0 aliphatic heterocycles. The zero-order valence-corrected chi connectivity index (χ0v) is 9.40. The summed E-state index contributed by atoms with van der Waals surface area (Å²) in [5.41, 5.74) is 5.00. The summed E-state index contributed by atoms with van der Waals surface area (Å²) in [6.07, 6.45) is -0.817. The van der Waals surface area contributed by atoms with Gasteiger partial charge >= 0.3 is 23.9 Å². The van der Waals surface area contributed by atoms with Crippen LogP contribution in [0.5, 0.6) is 0 Å². The van der Waals surface area contributed by atoms with Gasteiger partial charge in [0.1, 0.15) is 6.04 Å². The number of carbonyl (C=O) groups is 4. The number of rotatable bonds is 7. The van der Waals surface area contributed by atoms with Gasteiger partial charge in [0.2, 0.25) is 0 Å². The third kappa shape index (κ3) is 16.3. The van der Waals surface area contributed by atoms with Gasteiger partial charge in [0.15, 0.2) is 0 Å². The van der Waals surface area contributed by atoms with Crippen molar-refractivity contribution in [3.05, 3.63) is 0 Å². The molecule has 0 heterocycles. The second kappa shape index (κ2) is 10.0. The van der Waals surface area contributed by atoms with Crippen molar-refractivity contribution in [3.8, 4) is 0 Å². The van der Waals surface area contributed by atoms with Crippen LogP contribution < -0.4 is 5.73 Å². The number of carboxylic acid groups (broad SMARTS) is 4. The van der Waals surface area contributed by atoms with Gasteiger partial charge in [-0.1, -0.05) is 0 Å². The van der Waals surface area contributed by atoms with E-state index in [0.29, 0.717) is 0 Å². The molecule has 104 valence electrons. The fourth-order valence-electron chi connectivity index (χ4n) is 0.616. The van der Waals surface area contributed by atoms with Crippen LogP contribution >= 0.6 is 0 Å². The molecule has 1 atom stereocenters. The molecular weight excluding hydrogens is 250 g/mol. The van der Waals surface area contributed by atoms with Gasteiger partial charge in [0, 0.05) is 6.42 Å². The Kier molecular flexibility index (Phi) is 10.1. The molecule has 0 saturated heterocycles. The highest BCUT2D eigenvalue weighted by molar-refractivity contribution is 5.75. The Morgan fingerprint density at radius 1 is 0.778 bits per heavy atom. The second-order valence-electron chi connectivity index (χ2n) is 3.16. The Morgan fingerprint density at radius 3 is 1.33 bits per heavy atom. The first-order chi connectivity index (χ1) is 8.16. The first kappa shape index (κ1) is 18.2. The molecule has 0 aromatic carbocycles. The summed E-state index contributed by atoms with van der Waals surface area (Å²) in [6.45, 7) is 0. The molecule has 9 nitrogen and oxygen atoms in total. The number of hydrogen-bond acceptors (Lipinski definition) is 5. The summed E-state index contributed by atoms with van der Waals surface area (Å²) >= 11 is 0. The Bertz CT molecular complexity index is 300. The van der Waals surface area contributed by atoms with Crippen molar-refractivity contribution in [1.82, 2.24) is 0 Å². The largest absolute Gasteiger partial charge is 0.481 e. The van der Waals surface area contributed by atoms with E-state index < -0.39 is 29.9 Å². The average Bonchev–Trinajstić information content (AvgIpc) is 2.23. The Balaban J connectivity index is 0. The maximum Gasteiger partial charge on any atom is 0.320 e. The first-order valence-corrected chi connectivity index (χ1v) is 4.80. The highest BCUT2D eigenvalue weighted by Crippen LogP contribution is 1.93. The summed E-state index contributed by atoms with van der Waals surface area (Å²) < 4.78 is 0. The van der Waals surface area contributed by atoms with Crippen molar-refractivity contribution in [1.29, 1.82) is 0 Å². The summed E-state index contributed by atoms with van der Waals surface area (Å²) in [7, 11) is 0. The van der Waals surface area contributed by atoms with Gasteiger partial charge in [0.05, 0.1) is 12.8 Å². The lowest BCUT2D eigenvalue weighted by atomic mass is 10.2. The maximum absolute atomic E-state index is 9.99. The molecule has 0 aliphatic carbocycles. The number of hydrogen-bond donors (Lipinski definition) is 5. The standard InChI is InChI=1S/C5H9NO4.C4H6O4/c6-3(5(9)10)1-2-4(7)8;5-3(6)1-2-4(7)8/h3H,1-2,6H2,(H,7,8)(H,9,10);1-2H2,(H,5,6)(H,7,8). The fraction of sp³-hybridized carbons (Fsp3) is 0.556. The zero-order chi connectivity index (χ0) is 14.7. The van der Waals surface area contributed by atoms with Crippen LogP contribution in [0.1, 0.15) is 25.7 Å². The van der Waals surface area contributed by atoms with Gasteiger partial charge in [-0.3, -0.25) is 19.2 Å². The molecule has 9 heteroatoms. The molecule has 0 aromatic heterocycles. The highest BCUT2D eigenvalue weighted by atomic mass is 16.4. The van der Waals surface area contributed by atoms with E-state index in [-0.39, 0.29) is 25.7 Å². The second-order valence-corrected chi connectivity index (χ2v) is 3.16. The van der Waals surface area contributed by atoms with E-state index in [1.807, 2.05) is 0 Å². The van der Waals surface area contributed by atoms with Crippen LogP contribution in [0.15, 0.2) is 0 Å². The van der Waals surface area contributed by atoms with E-state index in [1.54, 1.807) is 0 Å². The number of carboxylic acids is 4. The van der Waals surface area contributed by atoms with E-state index in [9.17, 15) is 19.2 Å². The molecule has 0 bridgehead atoms. The minimum atomic E-state index is -1.17. The molecule has 0 aromatic rings. The van der Waals surface area contributed by atoms with Gasteiger partial charge in [-0.15, -0.1) is 0 Å². The van der Waals surface area contributed by atoms with Gasteiger partial charge in [0.25, 0.3) is 0 Å². The lowest BCUT2D eigenvalue weighted by molar-refractivity contribution is -0.143. The topological polar surface area (TPSA) is 175 Å². The van der Waals surface area contributed by atoms with Gasteiger partial charge in [-0.05, 0) is 6.42 Å². The average molecular weight is 265 g/mol. The predicted octanol–water partition coefficient (Wildman–Crippen LogP) is -0.801. The zero-order valence-electron chi connectivity index (χ0n) is 9.40. The van der Waals surface area contributed by atoms with Crippen molar-refractivity contribution in [2.75, 3.05) is 0 Å². The summed E-state index contributed by atoms with van der Waals surface area (Å²) in [5.74, 6) is -4.35. The van der Waals surface area contributed by atoms with E-state index in [4.69, 9.17) is 26.2 Å². The Hall–Kier alpha value is -2.16. The predicted molar refractivity (Wildman–Crippen MR) is 57.0 cm³/mol. The molecule has 0 fully saturated rings. The summed E-state index contributed by atoms with van der Waals surface area (Å²) in [5, 5.41) is 32.1. The van der Waals surface area contributed by atoms with Crippen molar-refractivity contribution in [3.63, 3.8) is 0 Å². The van der Waals surface area contributed by atoms with Crippen LogP contribution in [-0.4, -0.2) is 50.3 Å². The van der Waals surface area contributed by atoms with Crippen LogP contribution in [0, 0.1) is 0 Å². The molecule has 1 unspecified atom stereocenters. The van der Waals surface area contributed by atoms with Crippen LogP contribution in [0.4, 0.5) is 0 Å². The van der Waals surface area contributed by atoms with Crippen molar-refractivity contribution in [2.24, 2.45) is 5.73 Å². The SMILES string of the molecule is NC(CCC(=O)O)C(=O)O.O=C(O)CCC(=O)O. The molecule has 18 heavy (non-hydrogen) atoms. The van der Waals surface area contributed by atoms with Gasteiger partial charge < -0.3 is 26.2 Å². The van der Waals surface area contributed by atoms with E-state index in [0.717, 1.165) is 0 Å². The molecule has 0 amide bonds. The van der Waals surface area contributed by atoms with E-state index >= 15 is 0 Å². The molecule has 0 rings (SSSR count). The van der Waals surface area contributed by atoms with E-state index in [2.05, 4.69) is 0 Å². The molecule has 0 spiro atoms. The van der Waals surface area contributed by atoms with Gasteiger partial charge in [-0.2, -0.15) is 0 Å². The highest BCUT2D eigenvalue weighted by Gasteiger charge is 2.12. The van der Waals surface area contributed by atoms with E-state index in [1.165, 1.54) is 0 Å². The first-order valence-electron chi connectivity index (χ1n) is 4.80. The normalized spacial score (nSPS) is 10.7. The molecule has 6 N–H and O–H groups in total. The maximum atomic E-state index is 9.99. The lowest BCUT2D eigenvalue weighted by Gasteiger charge is -2.01. The van der Waals surface area contributed by atoms with Crippen molar-refractivity contribution >= 4 is 23.9 Å². The molecular formula is C9H15NO8. The number of nitrogens with two attached hydrogens (primary N) is 1. The van der Waals surface area contributed by atoms with Crippen LogP contribution in [0.25, 0.3) is 0 Å². The monoisotopic (exact) mass is 265 g/mol. The van der Waals surface area contributed by atoms with Crippen molar-refractivity contribution < 1.29 is 39.6 Å². The van der Waals surface area contributed by atoms with Crippen LogP contribution in [-0.2, 0) is 19.2 Å².